The molecule has 0 aliphatic carbocycles. The Morgan fingerprint density at radius 1 is 1.50 bits per heavy atom. The van der Waals surface area contributed by atoms with Crippen molar-refractivity contribution in [2.75, 3.05) is 44.9 Å². The van der Waals surface area contributed by atoms with Crippen LogP contribution in [-0.2, 0) is 4.74 Å². The lowest BCUT2D eigenvalue weighted by Gasteiger charge is -2.27. The maximum absolute atomic E-state index is 5.84. The average molecular weight is 217 g/mol. The molecule has 5 heteroatoms. The van der Waals surface area contributed by atoms with E-state index in [1.54, 1.807) is 0 Å². The number of ether oxygens (including phenoxy) is 1. The fourth-order valence-corrected chi connectivity index (χ4v) is 1.71. The summed E-state index contributed by atoms with van der Waals surface area (Å²) in [5, 5.41) is 0. The van der Waals surface area contributed by atoms with Crippen LogP contribution in [0.4, 0.5) is 0 Å². The van der Waals surface area contributed by atoms with Gasteiger partial charge in [0.1, 0.15) is 0 Å². The molecular weight excluding hydrogens is 198 g/mol. The summed E-state index contributed by atoms with van der Waals surface area (Å²) >= 11 is 1.85. The minimum atomic E-state index is 0.675. The van der Waals surface area contributed by atoms with Gasteiger partial charge in [0, 0.05) is 19.6 Å². The highest BCUT2D eigenvalue weighted by molar-refractivity contribution is 7.98. The molecule has 82 valence electrons. The van der Waals surface area contributed by atoms with Crippen LogP contribution in [-0.4, -0.2) is 55.7 Å². The molecule has 0 bridgehead atoms. The van der Waals surface area contributed by atoms with Gasteiger partial charge in [-0.2, -0.15) is 11.8 Å². The number of hydrogen-bond donors (Lipinski definition) is 1. The number of aliphatic imine (C=N–C) groups is 1. The number of rotatable bonds is 4. The first-order valence-electron chi connectivity index (χ1n) is 4.96. The lowest BCUT2D eigenvalue weighted by Crippen LogP contribution is -2.44. The van der Waals surface area contributed by atoms with Crippen molar-refractivity contribution < 1.29 is 4.74 Å². The van der Waals surface area contributed by atoms with Gasteiger partial charge in [-0.1, -0.05) is 0 Å². The quantitative estimate of drug-likeness (QED) is 0.420. The van der Waals surface area contributed by atoms with Crippen molar-refractivity contribution in [2.45, 2.75) is 6.42 Å². The Kier molecular flexibility index (Phi) is 5.78. The first-order valence-corrected chi connectivity index (χ1v) is 6.35. The van der Waals surface area contributed by atoms with Gasteiger partial charge in [0.2, 0.25) is 0 Å². The number of guanidine groups is 1. The molecule has 0 aromatic heterocycles. The average Bonchev–Trinajstić information content (AvgIpc) is 2.25. The molecule has 0 saturated carbocycles. The topological polar surface area (TPSA) is 50.8 Å². The third-order valence-corrected chi connectivity index (χ3v) is 2.81. The molecule has 1 fully saturated rings. The van der Waals surface area contributed by atoms with E-state index < -0.39 is 0 Å². The number of thioether (sulfide) groups is 1. The van der Waals surface area contributed by atoms with Crippen LogP contribution < -0.4 is 5.73 Å². The summed E-state index contributed by atoms with van der Waals surface area (Å²) in [5.41, 5.74) is 5.84. The molecular formula is C9H19N3OS. The van der Waals surface area contributed by atoms with Crippen LogP contribution in [0, 0.1) is 0 Å². The smallest absolute Gasteiger partial charge is 0.191 e. The molecule has 0 atom stereocenters. The highest BCUT2D eigenvalue weighted by Crippen LogP contribution is 1.98. The minimum Gasteiger partial charge on any atom is -0.378 e. The van der Waals surface area contributed by atoms with Gasteiger partial charge < -0.3 is 15.4 Å². The van der Waals surface area contributed by atoms with E-state index in [1.165, 1.54) is 0 Å². The van der Waals surface area contributed by atoms with Gasteiger partial charge in [0.05, 0.1) is 13.2 Å². The second kappa shape index (κ2) is 6.95. The van der Waals surface area contributed by atoms with Crippen LogP contribution in [0.25, 0.3) is 0 Å². The Balaban J connectivity index is 2.20. The van der Waals surface area contributed by atoms with Gasteiger partial charge in [-0.3, -0.25) is 4.99 Å². The third kappa shape index (κ3) is 4.19. The third-order valence-electron chi connectivity index (χ3n) is 2.12. The molecule has 4 nitrogen and oxygen atoms in total. The summed E-state index contributed by atoms with van der Waals surface area (Å²) in [6, 6.07) is 0. The van der Waals surface area contributed by atoms with Gasteiger partial charge in [-0.05, 0) is 18.4 Å². The largest absolute Gasteiger partial charge is 0.378 e. The monoisotopic (exact) mass is 217 g/mol. The molecule has 0 radical (unpaired) electrons. The van der Waals surface area contributed by atoms with Crippen LogP contribution in [0.2, 0.25) is 0 Å². The van der Waals surface area contributed by atoms with Crippen molar-refractivity contribution in [3.8, 4) is 0 Å². The van der Waals surface area contributed by atoms with E-state index in [4.69, 9.17) is 10.5 Å². The SMILES string of the molecule is CSCCCN=C(N)N1CCOCC1. The van der Waals surface area contributed by atoms with E-state index in [-0.39, 0.29) is 0 Å². The van der Waals surface area contributed by atoms with E-state index in [2.05, 4.69) is 16.1 Å². The number of hydrogen-bond acceptors (Lipinski definition) is 3. The molecule has 1 saturated heterocycles. The van der Waals surface area contributed by atoms with Crippen molar-refractivity contribution in [2.24, 2.45) is 10.7 Å². The summed E-state index contributed by atoms with van der Waals surface area (Å²) in [6.45, 7) is 4.11. The van der Waals surface area contributed by atoms with E-state index >= 15 is 0 Å². The van der Waals surface area contributed by atoms with Gasteiger partial charge in [-0.15, -0.1) is 0 Å². The summed E-state index contributed by atoms with van der Waals surface area (Å²) in [4.78, 5) is 6.42. The van der Waals surface area contributed by atoms with Crippen LogP contribution in [0.1, 0.15) is 6.42 Å². The molecule has 0 aromatic carbocycles. The van der Waals surface area contributed by atoms with Crippen LogP contribution in [0.3, 0.4) is 0 Å². The maximum atomic E-state index is 5.84. The Morgan fingerprint density at radius 3 is 2.86 bits per heavy atom. The van der Waals surface area contributed by atoms with E-state index in [0.29, 0.717) is 5.96 Å². The molecule has 14 heavy (non-hydrogen) atoms. The zero-order valence-electron chi connectivity index (χ0n) is 8.74. The van der Waals surface area contributed by atoms with Crippen molar-refractivity contribution in [3.05, 3.63) is 0 Å². The van der Waals surface area contributed by atoms with Crippen LogP contribution in [0.5, 0.6) is 0 Å². The minimum absolute atomic E-state index is 0.675. The molecule has 0 unspecified atom stereocenters. The molecule has 0 aromatic rings. The van der Waals surface area contributed by atoms with Gasteiger partial charge in [-0.25, -0.2) is 0 Å². The van der Waals surface area contributed by atoms with Crippen molar-refractivity contribution >= 4 is 17.7 Å². The normalized spacial score (nSPS) is 18.6. The Bertz CT molecular complexity index is 181. The molecule has 1 heterocycles. The summed E-state index contributed by atoms with van der Waals surface area (Å²) in [5.74, 6) is 1.83. The van der Waals surface area contributed by atoms with E-state index in [1.807, 2.05) is 11.8 Å². The molecule has 1 aliphatic rings. The summed E-state index contributed by atoms with van der Waals surface area (Å²) < 4.78 is 5.24. The molecule has 2 N–H and O–H groups in total. The fourth-order valence-electron chi connectivity index (χ4n) is 1.29. The summed E-state index contributed by atoms with van der Waals surface area (Å²) in [6.07, 6.45) is 3.21. The molecule has 1 rings (SSSR count). The predicted molar refractivity (Wildman–Crippen MR) is 61.9 cm³/mol. The second-order valence-electron chi connectivity index (χ2n) is 3.19. The van der Waals surface area contributed by atoms with Crippen LogP contribution in [0.15, 0.2) is 4.99 Å². The zero-order valence-corrected chi connectivity index (χ0v) is 9.55. The van der Waals surface area contributed by atoms with Crippen molar-refractivity contribution in [1.29, 1.82) is 0 Å². The first kappa shape index (κ1) is 11.7. The number of nitrogens with zero attached hydrogens (tertiary/aromatic N) is 2. The second-order valence-corrected chi connectivity index (χ2v) is 4.17. The van der Waals surface area contributed by atoms with Gasteiger partial charge in [0.25, 0.3) is 0 Å². The lowest BCUT2D eigenvalue weighted by atomic mass is 10.4. The van der Waals surface area contributed by atoms with Crippen molar-refractivity contribution in [1.82, 2.24) is 4.90 Å². The van der Waals surface area contributed by atoms with E-state index in [9.17, 15) is 0 Å². The standard InChI is InChI=1S/C9H19N3OS/c1-14-8-2-3-11-9(10)12-4-6-13-7-5-12/h2-8H2,1H3,(H2,10,11). The number of nitrogens with two attached hydrogens (primary N) is 1. The molecule has 1 aliphatic heterocycles. The zero-order chi connectivity index (χ0) is 10.2. The fraction of sp³-hybridized carbons (Fsp3) is 0.889. The Hall–Kier alpha value is -0.420. The Morgan fingerprint density at radius 2 is 2.21 bits per heavy atom. The predicted octanol–water partition coefficient (Wildman–Crippen LogP) is 0.386. The highest BCUT2D eigenvalue weighted by Gasteiger charge is 2.11. The first-order chi connectivity index (χ1) is 6.84. The molecule has 0 amide bonds. The lowest BCUT2D eigenvalue weighted by molar-refractivity contribution is 0.0674. The summed E-state index contributed by atoms with van der Waals surface area (Å²) in [7, 11) is 0. The highest BCUT2D eigenvalue weighted by atomic mass is 32.2. The Labute approximate surface area is 89.9 Å². The van der Waals surface area contributed by atoms with Gasteiger partial charge in [0.15, 0.2) is 5.96 Å². The van der Waals surface area contributed by atoms with Gasteiger partial charge >= 0.3 is 0 Å². The molecule has 0 spiro atoms. The van der Waals surface area contributed by atoms with Crippen molar-refractivity contribution in [3.63, 3.8) is 0 Å². The van der Waals surface area contributed by atoms with E-state index in [0.717, 1.165) is 45.0 Å². The number of morpholine rings is 1. The maximum Gasteiger partial charge on any atom is 0.191 e. The van der Waals surface area contributed by atoms with Crippen LogP contribution >= 0.6 is 11.8 Å².